The molecule has 0 fully saturated rings. The van der Waals surface area contributed by atoms with Gasteiger partial charge in [-0.25, -0.2) is 0 Å². The van der Waals surface area contributed by atoms with Crippen molar-refractivity contribution in [3.63, 3.8) is 0 Å². The Morgan fingerprint density at radius 1 is 1.72 bits per heavy atom. The Bertz CT molecular complexity index is 621. The molecule has 0 aliphatic heterocycles. The maximum absolute atomic E-state index is 11.8. The Balaban J connectivity index is 2.68. The summed E-state index contributed by atoms with van der Waals surface area (Å²) in [5, 5.41) is 9.49. The number of fused-ring (bicyclic) bond motifs is 1. The standard InChI is InChI=1S/C10H13IN4O3/c1-18-6(2-3-16)15-4-5(11)7-8(15)13-10(12)14-9(7)17/h4,6,16H,2-3H2,1H3,(H3,12,13,14,17)/t6-/m1/s1. The monoisotopic (exact) mass is 364 g/mol. The summed E-state index contributed by atoms with van der Waals surface area (Å²) in [5.41, 5.74) is 5.73. The van der Waals surface area contributed by atoms with E-state index in [1.165, 1.54) is 7.11 Å². The number of aliphatic hydroxyl groups excluding tert-OH is 1. The number of methoxy groups -OCH3 is 1. The van der Waals surface area contributed by atoms with Gasteiger partial charge in [0.2, 0.25) is 5.95 Å². The summed E-state index contributed by atoms with van der Waals surface area (Å²) in [5.74, 6) is 0.0575. The number of anilines is 1. The van der Waals surface area contributed by atoms with Crippen molar-refractivity contribution < 1.29 is 9.84 Å². The molecule has 0 unspecified atom stereocenters. The molecule has 0 saturated heterocycles. The molecular formula is C10H13IN4O3. The molecule has 0 saturated carbocycles. The van der Waals surface area contributed by atoms with Crippen LogP contribution < -0.4 is 11.3 Å². The molecule has 18 heavy (non-hydrogen) atoms. The highest BCUT2D eigenvalue weighted by atomic mass is 127. The predicted molar refractivity (Wildman–Crippen MR) is 75.2 cm³/mol. The van der Waals surface area contributed by atoms with E-state index in [4.69, 9.17) is 15.6 Å². The third-order valence-electron chi connectivity index (χ3n) is 2.61. The third kappa shape index (κ3) is 2.22. The number of rotatable bonds is 4. The Morgan fingerprint density at radius 2 is 2.44 bits per heavy atom. The van der Waals surface area contributed by atoms with E-state index in [2.05, 4.69) is 32.6 Å². The fourth-order valence-electron chi connectivity index (χ4n) is 1.83. The van der Waals surface area contributed by atoms with Crippen molar-refractivity contribution in [2.24, 2.45) is 0 Å². The van der Waals surface area contributed by atoms with Crippen LogP contribution in [0.5, 0.6) is 0 Å². The molecule has 8 heteroatoms. The molecule has 1 atom stereocenters. The lowest BCUT2D eigenvalue weighted by Gasteiger charge is -2.16. The van der Waals surface area contributed by atoms with E-state index in [0.717, 1.165) is 3.57 Å². The Kier molecular flexibility index (Phi) is 3.88. The zero-order valence-electron chi connectivity index (χ0n) is 9.68. The molecule has 2 rings (SSSR count). The molecule has 7 nitrogen and oxygen atoms in total. The van der Waals surface area contributed by atoms with Crippen LogP contribution in [0.25, 0.3) is 11.0 Å². The molecule has 0 bridgehead atoms. The smallest absolute Gasteiger partial charge is 0.262 e. The highest BCUT2D eigenvalue weighted by molar-refractivity contribution is 14.1. The first kappa shape index (κ1) is 13.3. The molecule has 2 heterocycles. The summed E-state index contributed by atoms with van der Waals surface area (Å²) in [6.07, 6.45) is 1.79. The average molecular weight is 364 g/mol. The van der Waals surface area contributed by atoms with Gasteiger partial charge in [0.25, 0.3) is 5.56 Å². The third-order valence-corrected chi connectivity index (χ3v) is 3.43. The Labute approximate surface area is 116 Å². The van der Waals surface area contributed by atoms with Gasteiger partial charge >= 0.3 is 0 Å². The number of nitrogen functional groups attached to an aromatic ring is 1. The molecular weight excluding hydrogens is 351 g/mol. The van der Waals surface area contributed by atoms with Gasteiger partial charge in [0.05, 0.1) is 5.39 Å². The molecule has 0 aliphatic carbocycles. The van der Waals surface area contributed by atoms with E-state index in [9.17, 15) is 4.79 Å². The van der Waals surface area contributed by atoms with Crippen LogP contribution in [0.15, 0.2) is 11.0 Å². The zero-order valence-corrected chi connectivity index (χ0v) is 11.8. The highest BCUT2D eigenvalue weighted by Gasteiger charge is 2.18. The number of halogens is 1. The normalized spacial score (nSPS) is 13.1. The number of hydrogen-bond donors (Lipinski definition) is 3. The molecule has 4 N–H and O–H groups in total. The van der Waals surface area contributed by atoms with Crippen molar-refractivity contribution in [2.45, 2.75) is 12.6 Å². The first-order valence-electron chi connectivity index (χ1n) is 5.28. The quantitative estimate of drug-likeness (QED) is 0.683. The molecule has 2 aromatic heterocycles. The van der Waals surface area contributed by atoms with Gasteiger partial charge in [0.1, 0.15) is 6.23 Å². The summed E-state index contributed by atoms with van der Waals surface area (Å²) in [6.45, 7) is -0.0204. The van der Waals surface area contributed by atoms with Gasteiger partial charge in [-0.2, -0.15) is 4.98 Å². The van der Waals surface area contributed by atoms with Crippen LogP contribution in [-0.4, -0.2) is 33.4 Å². The number of nitrogens with one attached hydrogen (secondary N) is 1. The summed E-state index contributed by atoms with van der Waals surface area (Å²) in [7, 11) is 1.54. The van der Waals surface area contributed by atoms with Crippen LogP contribution in [0.4, 0.5) is 5.95 Å². The van der Waals surface area contributed by atoms with Gasteiger partial charge in [-0.1, -0.05) is 0 Å². The van der Waals surface area contributed by atoms with Gasteiger partial charge in [0.15, 0.2) is 5.65 Å². The van der Waals surface area contributed by atoms with Gasteiger partial charge in [0, 0.05) is 29.9 Å². The minimum absolute atomic E-state index is 0.0204. The minimum Gasteiger partial charge on any atom is -0.396 e. The first-order chi connectivity index (χ1) is 8.58. The van der Waals surface area contributed by atoms with E-state index in [0.29, 0.717) is 17.5 Å². The van der Waals surface area contributed by atoms with Gasteiger partial charge in [-0.15, -0.1) is 0 Å². The highest BCUT2D eigenvalue weighted by Crippen LogP contribution is 2.24. The number of ether oxygens (including phenoxy) is 1. The van der Waals surface area contributed by atoms with Crippen LogP contribution in [0.2, 0.25) is 0 Å². The fourth-order valence-corrected chi connectivity index (χ4v) is 2.61. The minimum atomic E-state index is -0.380. The molecule has 0 spiro atoms. The summed E-state index contributed by atoms with van der Waals surface area (Å²) in [6, 6.07) is 0. The SMILES string of the molecule is CO[C@H](CCO)n1cc(I)c2c(=O)[nH]c(N)nc21. The lowest BCUT2D eigenvalue weighted by atomic mass is 10.4. The van der Waals surface area contributed by atoms with E-state index in [1.54, 1.807) is 10.8 Å². The molecule has 0 amide bonds. The summed E-state index contributed by atoms with van der Waals surface area (Å²) < 4.78 is 7.75. The van der Waals surface area contributed by atoms with Crippen molar-refractivity contribution in [2.75, 3.05) is 19.5 Å². The predicted octanol–water partition coefficient (Wildman–Crippen LogP) is 0.439. The van der Waals surface area contributed by atoms with E-state index in [-0.39, 0.29) is 24.3 Å². The zero-order chi connectivity index (χ0) is 13.3. The number of aliphatic hydroxyl groups is 1. The molecule has 0 aromatic carbocycles. The van der Waals surface area contributed by atoms with Crippen molar-refractivity contribution in [1.82, 2.24) is 14.5 Å². The number of aromatic amines is 1. The second kappa shape index (κ2) is 5.24. The lowest BCUT2D eigenvalue weighted by molar-refractivity contribution is 0.0263. The van der Waals surface area contributed by atoms with Gasteiger partial charge in [-0.3, -0.25) is 9.78 Å². The molecule has 98 valence electrons. The van der Waals surface area contributed by atoms with Crippen LogP contribution >= 0.6 is 22.6 Å². The van der Waals surface area contributed by atoms with Crippen molar-refractivity contribution in [3.8, 4) is 0 Å². The van der Waals surface area contributed by atoms with Crippen LogP contribution in [-0.2, 0) is 4.74 Å². The first-order valence-corrected chi connectivity index (χ1v) is 6.35. The maximum atomic E-state index is 11.8. The van der Waals surface area contributed by atoms with Crippen molar-refractivity contribution in [1.29, 1.82) is 0 Å². The number of aromatic nitrogens is 3. The Hall–Kier alpha value is -1.13. The van der Waals surface area contributed by atoms with Gasteiger partial charge < -0.3 is 20.1 Å². The van der Waals surface area contributed by atoms with E-state index >= 15 is 0 Å². The average Bonchev–Trinajstić information content (AvgIpc) is 2.63. The number of hydrogen-bond acceptors (Lipinski definition) is 5. The number of nitrogens with zero attached hydrogens (tertiary/aromatic N) is 2. The second-order valence-corrected chi connectivity index (χ2v) is 4.90. The summed E-state index contributed by atoms with van der Waals surface area (Å²) >= 11 is 2.05. The molecule has 0 aliphatic rings. The fraction of sp³-hybridized carbons (Fsp3) is 0.400. The summed E-state index contributed by atoms with van der Waals surface area (Å²) in [4.78, 5) is 18.4. The number of H-pyrrole nitrogens is 1. The number of nitrogens with two attached hydrogens (primary N) is 1. The van der Waals surface area contributed by atoms with Gasteiger partial charge in [-0.05, 0) is 22.6 Å². The topological polar surface area (TPSA) is 106 Å². The van der Waals surface area contributed by atoms with Crippen molar-refractivity contribution in [3.05, 3.63) is 20.1 Å². The van der Waals surface area contributed by atoms with Crippen LogP contribution in [0.1, 0.15) is 12.6 Å². The van der Waals surface area contributed by atoms with E-state index < -0.39 is 0 Å². The van der Waals surface area contributed by atoms with Crippen LogP contribution in [0, 0.1) is 3.57 Å². The lowest BCUT2D eigenvalue weighted by Crippen LogP contribution is -2.15. The molecule has 2 aromatic rings. The van der Waals surface area contributed by atoms with Crippen LogP contribution in [0.3, 0.4) is 0 Å². The second-order valence-electron chi connectivity index (χ2n) is 3.74. The largest absolute Gasteiger partial charge is 0.396 e. The Morgan fingerprint density at radius 3 is 3.06 bits per heavy atom. The maximum Gasteiger partial charge on any atom is 0.262 e. The van der Waals surface area contributed by atoms with Crippen molar-refractivity contribution >= 4 is 39.6 Å². The molecule has 0 radical (unpaired) electrons. The van der Waals surface area contributed by atoms with E-state index in [1.807, 2.05) is 0 Å².